The van der Waals surface area contributed by atoms with E-state index >= 15 is 0 Å². The molecular formula is C30H43ClN6O3S. The summed E-state index contributed by atoms with van der Waals surface area (Å²) in [6.45, 7) is 10.5. The summed E-state index contributed by atoms with van der Waals surface area (Å²) in [5.74, 6) is -0.379. The molecule has 0 bridgehead atoms. The number of amides is 3. The Hall–Kier alpha value is -2.53. The number of hydrogen-bond acceptors (Lipinski definition) is 7. The van der Waals surface area contributed by atoms with E-state index in [1.807, 2.05) is 12.1 Å². The maximum absolute atomic E-state index is 13.7. The molecule has 0 unspecified atom stereocenters. The summed E-state index contributed by atoms with van der Waals surface area (Å²) in [4.78, 5) is 48.3. The summed E-state index contributed by atoms with van der Waals surface area (Å²) in [6, 6.07) is 4.50. The monoisotopic (exact) mass is 602 g/mol. The number of nitrogens with one attached hydrogen (secondary N) is 3. The molecular weight excluding hydrogens is 560 g/mol. The summed E-state index contributed by atoms with van der Waals surface area (Å²) in [5.41, 5.74) is 1.35. The lowest BCUT2D eigenvalue weighted by atomic mass is 9.83. The number of carbonyl (C=O) groups excluding carboxylic acids is 3. The third-order valence-corrected chi connectivity index (χ3v) is 9.38. The number of halogens is 1. The van der Waals surface area contributed by atoms with Crippen LogP contribution in [-0.4, -0.2) is 90.9 Å². The van der Waals surface area contributed by atoms with Crippen molar-refractivity contribution in [2.24, 2.45) is 5.92 Å². The van der Waals surface area contributed by atoms with Crippen LogP contribution in [0.5, 0.6) is 0 Å². The van der Waals surface area contributed by atoms with Crippen LogP contribution in [0.15, 0.2) is 30.4 Å². The predicted molar refractivity (Wildman–Crippen MR) is 165 cm³/mol. The highest BCUT2D eigenvalue weighted by Gasteiger charge is 2.30. The zero-order valence-electron chi connectivity index (χ0n) is 24.2. The zero-order valence-corrected chi connectivity index (χ0v) is 25.8. The quantitative estimate of drug-likeness (QED) is 0.322. The lowest BCUT2D eigenvalue weighted by molar-refractivity contribution is -0.129. The minimum atomic E-state index is -0.771. The zero-order chi connectivity index (χ0) is 29.4. The Bertz CT molecular complexity index is 1220. The van der Waals surface area contributed by atoms with E-state index in [4.69, 9.17) is 11.6 Å². The van der Waals surface area contributed by atoms with Gasteiger partial charge in [-0.3, -0.25) is 19.3 Å². The van der Waals surface area contributed by atoms with Crippen molar-refractivity contribution in [3.8, 4) is 0 Å². The molecule has 4 rings (SSSR count). The van der Waals surface area contributed by atoms with Crippen LogP contribution in [-0.2, 0) is 20.8 Å². The smallest absolute Gasteiger partial charge is 0.247 e. The maximum atomic E-state index is 13.7. The van der Waals surface area contributed by atoms with E-state index in [1.54, 1.807) is 13.0 Å². The Kier molecular flexibility index (Phi) is 11.6. The number of thiazole rings is 1. The molecule has 3 amide bonds. The topological polar surface area (TPSA) is 107 Å². The highest BCUT2D eigenvalue weighted by atomic mass is 35.5. The van der Waals surface area contributed by atoms with Crippen LogP contribution in [0.1, 0.15) is 50.5 Å². The van der Waals surface area contributed by atoms with Gasteiger partial charge in [-0.05, 0) is 44.0 Å². The second-order valence-corrected chi connectivity index (χ2v) is 12.9. The third kappa shape index (κ3) is 9.23. The van der Waals surface area contributed by atoms with Crippen molar-refractivity contribution in [2.75, 3.05) is 46.3 Å². The van der Waals surface area contributed by atoms with E-state index in [0.717, 1.165) is 67.1 Å². The average Bonchev–Trinajstić information content (AvgIpc) is 3.37. The number of piperazine rings is 1. The first-order valence-electron chi connectivity index (χ1n) is 14.7. The fraction of sp³-hybridized carbons (Fsp3) is 0.600. The van der Waals surface area contributed by atoms with Crippen LogP contribution in [0.25, 0.3) is 10.2 Å². The van der Waals surface area contributed by atoms with Gasteiger partial charge in [0.05, 0.1) is 15.2 Å². The van der Waals surface area contributed by atoms with E-state index in [9.17, 15) is 14.4 Å². The summed E-state index contributed by atoms with van der Waals surface area (Å²) in [6.07, 6.45) is 5.93. The number of likely N-dealkylation sites (N-methyl/N-ethyl adjacent to an activating group) is 1. The van der Waals surface area contributed by atoms with Crippen molar-refractivity contribution in [2.45, 2.75) is 64.0 Å². The van der Waals surface area contributed by atoms with Crippen LogP contribution in [0, 0.1) is 5.92 Å². The Balaban J connectivity index is 1.41. The molecule has 224 valence electrons. The van der Waals surface area contributed by atoms with Crippen LogP contribution >= 0.6 is 22.9 Å². The van der Waals surface area contributed by atoms with Crippen molar-refractivity contribution in [3.63, 3.8) is 0 Å². The van der Waals surface area contributed by atoms with E-state index in [0.29, 0.717) is 23.7 Å². The molecule has 2 aliphatic rings. The molecule has 1 saturated carbocycles. The molecule has 0 radical (unpaired) electrons. The molecule has 1 aromatic heterocycles. The van der Waals surface area contributed by atoms with E-state index in [1.165, 1.54) is 17.8 Å². The van der Waals surface area contributed by atoms with Crippen LogP contribution in [0.3, 0.4) is 0 Å². The van der Waals surface area contributed by atoms with Gasteiger partial charge in [0.15, 0.2) is 0 Å². The van der Waals surface area contributed by atoms with Crippen molar-refractivity contribution in [3.05, 3.63) is 40.4 Å². The van der Waals surface area contributed by atoms with Crippen LogP contribution in [0.2, 0.25) is 5.02 Å². The molecule has 1 aliphatic carbocycles. The number of carbonyl (C=O) groups is 3. The molecule has 1 aromatic carbocycles. The van der Waals surface area contributed by atoms with Gasteiger partial charge < -0.3 is 20.9 Å². The van der Waals surface area contributed by atoms with Gasteiger partial charge in [-0.2, -0.15) is 0 Å². The minimum Gasteiger partial charge on any atom is -0.350 e. The average molecular weight is 603 g/mol. The lowest BCUT2D eigenvalue weighted by Gasteiger charge is -2.33. The maximum Gasteiger partial charge on any atom is 0.247 e. The van der Waals surface area contributed by atoms with Gasteiger partial charge in [0.25, 0.3) is 0 Å². The van der Waals surface area contributed by atoms with Gasteiger partial charge in [0.1, 0.15) is 6.04 Å². The fourth-order valence-electron chi connectivity index (χ4n) is 5.54. The molecule has 0 spiro atoms. The second-order valence-electron chi connectivity index (χ2n) is 11.3. The van der Waals surface area contributed by atoms with Crippen LogP contribution < -0.4 is 16.0 Å². The molecule has 2 aromatic rings. The van der Waals surface area contributed by atoms with Crippen LogP contribution in [0.4, 0.5) is 0 Å². The third-order valence-electron chi connectivity index (χ3n) is 8.11. The van der Waals surface area contributed by atoms with Crippen molar-refractivity contribution in [1.82, 2.24) is 30.7 Å². The molecule has 3 N–H and O–H groups in total. The summed E-state index contributed by atoms with van der Waals surface area (Å²) in [7, 11) is 2.10. The number of benzene rings is 1. The van der Waals surface area contributed by atoms with E-state index in [-0.39, 0.29) is 42.5 Å². The van der Waals surface area contributed by atoms with E-state index < -0.39 is 6.04 Å². The molecule has 1 aliphatic heterocycles. The van der Waals surface area contributed by atoms with Crippen molar-refractivity contribution < 1.29 is 14.4 Å². The molecule has 9 nitrogen and oxygen atoms in total. The Morgan fingerprint density at radius 1 is 1.12 bits per heavy atom. The van der Waals surface area contributed by atoms with Crippen molar-refractivity contribution >= 4 is 50.9 Å². The molecule has 41 heavy (non-hydrogen) atoms. The fourth-order valence-corrected chi connectivity index (χ4v) is 6.83. The van der Waals surface area contributed by atoms with Gasteiger partial charge in [-0.1, -0.05) is 44.4 Å². The number of rotatable bonds is 12. The molecule has 2 atom stereocenters. The number of nitrogens with zero attached hydrogens (tertiary/aromatic N) is 3. The SMILES string of the molecule is C=C(CN1CCN(C)CC1)C(=O)NC[C@@H](NC(=O)[C@H](Cc1nc2ccc(Cl)cc2s1)NC(=O)CC)C1CCCCC1. The molecule has 2 heterocycles. The Labute approximate surface area is 252 Å². The Morgan fingerprint density at radius 2 is 1.85 bits per heavy atom. The second kappa shape index (κ2) is 15.1. The van der Waals surface area contributed by atoms with E-state index in [2.05, 4.69) is 44.4 Å². The van der Waals surface area contributed by atoms with Gasteiger partial charge in [0.2, 0.25) is 17.7 Å². The highest BCUT2D eigenvalue weighted by Crippen LogP contribution is 2.28. The van der Waals surface area contributed by atoms with Gasteiger partial charge in [0, 0.05) is 68.7 Å². The first-order chi connectivity index (χ1) is 19.7. The molecule has 1 saturated heterocycles. The number of aromatic nitrogens is 1. The molecule has 11 heteroatoms. The number of hydrogen-bond donors (Lipinski definition) is 3. The standard InChI is InChI=1S/C30H43ClN6O3S/c1-4-27(38)33-24(17-28-34-23-11-10-22(31)16-26(23)41-28)30(40)35-25(21-8-6-5-7-9-21)18-32-29(39)20(2)19-37-14-12-36(3)13-15-37/h10-11,16,21,24-25H,2,4-9,12-15,17-19H2,1,3H3,(H,32,39)(H,33,38)(H,35,40)/t24-,25+/m0/s1. The lowest BCUT2D eigenvalue weighted by Crippen LogP contribution is -2.55. The predicted octanol–water partition coefficient (Wildman–Crippen LogP) is 3.37. The van der Waals surface area contributed by atoms with Gasteiger partial charge in [-0.15, -0.1) is 11.3 Å². The summed E-state index contributed by atoms with van der Waals surface area (Å²) >= 11 is 7.62. The minimum absolute atomic E-state index is 0.178. The first-order valence-corrected chi connectivity index (χ1v) is 15.9. The summed E-state index contributed by atoms with van der Waals surface area (Å²) in [5, 5.41) is 10.5. The normalized spacial score (nSPS) is 18.5. The molecule has 2 fully saturated rings. The first kappa shape index (κ1) is 31.4. The number of fused-ring (bicyclic) bond motifs is 1. The van der Waals surface area contributed by atoms with Crippen molar-refractivity contribution in [1.29, 1.82) is 0 Å². The largest absolute Gasteiger partial charge is 0.350 e. The highest BCUT2D eigenvalue weighted by molar-refractivity contribution is 7.18. The van der Waals surface area contributed by atoms with Gasteiger partial charge >= 0.3 is 0 Å². The van der Waals surface area contributed by atoms with Gasteiger partial charge in [-0.25, -0.2) is 4.98 Å². The Morgan fingerprint density at radius 3 is 2.56 bits per heavy atom. The summed E-state index contributed by atoms with van der Waals surface area (Å²) < 4.78 is 0.938.